The number of rotatable bonds is 7. The molecular formula is C26H32ClN5O3S2. The predicted molar refractivity (Wildman–Crippen MR) is 148 cm³/mol. The van der Waals surface area contributed by atoms with Crippen molar-refractivity contribution in [1.82, 2.24) is 19.2 Å². The van der Waals surface area contributed by atoms with Crippen LogP contribution in [0.1, 0.15) is 50.0 Å². The largest absolute Gasteiger partial charge is 0.304 e. The zero-order valence-corrected chi connectivity index (χ0v) is 23.3. The number of nitrogens with zero attached hydrogens (tertiary/aromatic N) is 4. The average molecular weight is 562 g/mol. The molecule has 1 aliphatic carbocycles. The lowest BCUT2D eigenvalue weighted by molar-refractivity contribution is -0.118. The molecule has 5 rings (SSSR count). The fourth-order valence-corrected chi connectivity index (χ4v) is 7.70. The number of fused-ring (bicyclic) bond motifs is 1. The Morgan fingerprint density at radius 1 is 1.05 bits per heavy atom. The summed E-state index contributed by atoms with van der Waals surface area (Å²) in [5, 5.41) is 3.86. The van der Waals surface area contributed by atoms with E-state index in [1.165, 1.54) is 30.6 Å². The summed E-state index contributed by atoms with van der Waals surface area (Å²) in [6, 6.07) is 10.4. The van der Waals surface area contributed by atoms with Crippen molar-refractivity contribution in [2.45, 2.75) is 49.3 Å². The molecule has 2 fully saturated rings. The molecule has 0 bridgehead atoms. The minimum Gasteiger partial charge on any atom is -0.304 e. The van der Waals surface area contributed by atoms with Crippen LogP contribution in [0.3, 0.4) is 0 Å². The first kappa shape index (κ1) is 26.5. The third kappa shape index (κ3) is 6.15. The number of pyridine rings is 1. The molecule has 1 saturated heterocycles. The van der Waals surface area contributed by atoms with E-state index >= 15 is 0 Å². The van der Waals surface area contributed by atoms with Crippen molar-refractivity contribution >= 4 is 54.3 Å². The number of hydrogen-bond acceptors (Lipinski definition) is 7. The number of thiazole rings is 1. The SMILES string of the molecule is CN1CCN(S(=O)(=O)c2ccc([C@@H](CC3CCCCC3)C(=O)Nc3nc4ccc(Cl)nc4s3)cc2)CC1. The summed E-state index contributed by atoms with van der Waals surface area (Å²) in [6.07, 6.45) is 6.57. The first-order valence-corrected chi connectivity index (χ1v) is 15.5. The Kier molecular flexibility index (Phi) is 8.11. The lowest BCUT2D eigenvalue weighted by atomic mass is 9.80. The smallest absolute Gasteiger partial charge is 0.243 e. The number of sulfonamides is 1. The fourth-order valence-electron chi connectivity index (χ4n) is 5.24. The Morgan fingerprint density at radius 3 is 2.46 bits per heavy atom. The van der Waals surface area contributed by atoms with E-state index in [0.29, 0.717) is 52.7 Å². The van der Waals surface area contributed by atoms with Crippen LogP contribution >= 0.6 is 22.9 Å². The van der Waals surface area contributed by atoms with E-state index in [1.54, 1.807) is 40.7 Å². The molecule has 11 heteroatoms. The second kappa shape index (κ2) is 11.3. The highest BCUT2D eigenvalue weighted by Gasteiger charge is 2.30. The van der Waals surface area contributed by atoms with Crippen LogP contribution in [0.15, 0.2) is 41.3 Å². The number of aromatic nitrogens is 2. The van der Waals surface area contributed by atoms with Gasteiger partial charge in [0.1, 0.15) is 15.5 Å². The number of likely N-dealkylation sites (N-methyl/N-ethyl adjacent to an activating group) is 1. The minimum absolute atomic E-state index is 0.134. The molecule has 3 aromatic rings. The molecule has 198 valence electrons. The lowest BCUT2D eigenvalue weighted by Crippen LogP contribution is -2.47. The zero-order valence-electron chi connectivity index (χ0n) is 20.9. The number of carbonyl (C=O) groups is 1. The van der Waals surface area contributed by atoms with Crippen LogP contribution in [0.4, 0.5) is 5.13 Å². The summed E-state index contributed by atoms with van der Waals surface area (Å²) in [5.74, 6) is -0.0634. The molecular weight excluding hydrogens is 530 g/mol. The highest BCUT2D eigenvalue weighted by atomic mass is 35.5. The van der Waals surface area contributed by atoms with Crippen LogP contribution in [-0.2, 0) is 14.8 Å². The van der Waals surface area contributed by atoms with Gasteiger partial charge in [-0.3, -0.25) is 4.79 Å². The monoisotopic (exact) mass is 561 g/mol. The Bertz CT molecular complexity index is 1350. The second-order valence-electron chi connectivity index (χ2n) is 10.0. The Morgan fingerprint density at radius 2 is 1.76 bits per heavy atom. The summed E-state index contributed by atoms with van der Waals surface area (Å²) < 4.78 is 27.9. The van der Waals surface area contributed by atoms with Gasteiger partial charge < -0.3 is 10.2 Å². The first-order chi connectivity index (χ1) is 17.8. The Balaban J connectivity index is 1.37. The molecule has 2 aliphatic rings. The molecule has 1 atom stereocenters. The van der Waals surface area contributed by atoms with Gasteiger partial charge in [-0.05, 0) is 49.2 Å². The highest BCUT2D eigenvalue weighted by Crippen LogP contribution is 2.35. The second-order valence-corrected chi connectivity index (χ2v) is 13.3. The van der Waals surface area contributed by atoms with Gasteiger partial charge in [0.15, 0.2) is 5.13 Å². The topological polar surface area (TPSA) is 95.5 Å². The minimum atomic E-state index is -3.56. The van der Waals surface area contributed by atoms with E-state index < -0.39 is 15.9 Å². The molecule has 1 aliphatic heterocycles. The Hall–Kier alpha value is -2.11. The molecule has 1 saturated carbocycles. The normalized spacial score (nSPS) is 19.2. The maximum absolute atomic E-state index is 13.6. The third-order valence-corrected chi connectivity index (χ3v) is 10.4. The maximum Gasteiger partial charge on any atom is 0.243 e. The van der Waals surface area contributed by atoms with Gasteiger partial charge in [0.05, 0.1) is 10.8 Å². The summed E-state index contributed by atoms with van der Waals surface area (Å²) in [4.78, 5) is 25.4. The van der Waals surface area contributed by atoms with Crippen LogP contribution in [0.5, 0.6) is 0 Å². The summed E-state index contributed by atoms with van der Waals surface area (Å²) in [6.45, 7) is 2.40. The van der Waals surface area contributed by atoms with Crippen LogP contribution in [0, 0.1) is 5.92 Å². The van der Waals surface area contributed by atoms with Crippen molar-refractivity contribution in [3.05, 3.63) is 47.1 Å². The van der Waals surface area contributed by atoms with Crippen molar-refractivity contribution < 1.29 is 13.2 Å². The molecule has 2 aromatic heterocycles. The molecule has 0 radical (unpaired) electrons. The van der Waals surface area contributed by atoms with Crippen molar-refractivity contribution in [3.63, 3.8) is 0 Å². The zero-order chi connectivity index (χ0) is 26.0. The number of benzene rings is 1. The summed E-state index contributed by atoms with van der Waals surface area (Å²) >= 11 is 7.30. The highest BCUT2D eigenvalue weighted by molar-refractivity contribution is 7.89. The van der Waals surface area contributed by atoms with Crippen LogP contribution in [0.25, 0.3) is 10.3 Å². The molecule has 0 unspecified atom stereocenters. The number of nitrogens with one attached hydrogen (secondary N) is 1. The number of carbonyl (C=O) groups excluding carboxylic acids is 1. The van der Waals surface area contributed by atoms with Gasteiger partial charge in [0.25, 0.3) is 0 Å². The van der Waals surface area contributed by atoms with Gasteiger partial charge >= 0.3 is 0 Å². The van der Waals surface area contributed by atoms with Gasteiger partial charge in [-0.25, -0.2) is 18.4 Å². The number of piperazine rings is 1. The molecule has 1 amide bonds. The van der Waals surface area contributed by atoms with Gasteiger partial charge in [0, 0.05) is 26.2 Å². The lowest BCUT2D eigenvalue weighted by Gasteiger charge is -2.31. The van der Waals surface area contributed by atoms with Crippen LogP contribution in [-0.4, -0.2) is 66.7 Å². The van der Waals surface area contributed by atoms with Crippen LogP contribution < -0.4 is 5.32 Å². The van der Waals surface area contributed by atoms with Crippen molar-refractivity contribution in [1.29, 1.82) is 0 Å². The molecule has 8 nitrogen and oxygen atoms in total. The van der Waals surface area contributed by atoms with E-state index in [0.717, 1.165) is 24.8 Å². The van der Waals surface area contributed by atoms with Gasteiger partial charge in [-0.15, -0.1) is 0 Å². The maximum atomic E-state index is 13.6. The number of halogens is 1. The quantitative estimate of drug-likeness (QED) is 0.409. The van der Waals surface area contributed by atoms with E-state index in [-0.39, 0.29) is 10.8 Å². The number of anilines is 1. The van der Waals surface area contributed by atoms with Crippen LogP contribution in [0.2, 0.25) is 5.15 Å². The summed E-state index contributed by atoms with van der Waals surface area (Å²) in [5.41, 5.74) is 1.51. The van der Waals surface area contributed by atoms with E-state index in [1.807, 2.05) is 7.05 Å². The van der Waals surface area contributed by atoms with Gasteiger partial charge in [-0.1, -0.05) is 67.2 Å². The standard InChI is InChI=1S/C26H32ClN5O3S2/c1-31-13-15-32(16-14-31)37(34,35)20-9-7-19(8-10-20)21(17-18-5-3-2-4-6-18)24(33)30-26-28-22-11-12-23(27)29-25(22)36-26/h7-12,18,21H,2-6,13-17H2,1H3,(H,28,30,33)/t21-/m1/s1. The van der Waals surface area contributed by atoms with E-state index in [4.69, 9.17) is 11.6 Å². The molecule has 0 spiro atoms. The van der Waals surface area contributed by atoms with Crippen molar-refractivity contribution in [2.75, 3.05) is 38.5 Å². The third-order valence-electron chi connectivity index (χ3n) is 7.44. The van der Waals surface area contributed by atoms with E-state index in [2.05, 4.69) is 20.2 Å². The fraction of sp³-hybridized carbons (Fsp3) is 0.500. The van der Waals surface area contributed by atoms with Gasteiger partial charge in [0.2, 0.25) is 15.9 Å². The Labute approximate surface area is 227 Å². The van der Waals surface area contributed by atoms with Crippen molar-refractivity contribution in [3.8, 4) is 0 Å². The average Bonchev–Trinajstić information content (AvgIpc) is 3.29. The predicted octanol–water partition coefficient (Wildman–Crippen LogP) is 4.97. The molecule has 1 aromatic carbocycles. The number of hydrogen-bond donors (Lipinski definition) is 1. The summed E-state index contributed by atoms with van der Waals surface area (Å²) in [7, 11) is -1.57. The van der Waals surface area contributed by atoms with Gasteiger partial charge in [-0.2, -0.15) is 4.31 Å². The van der Waals surface area contributed by atoms with Crippen molar-refractivity contribution in [2.24, 2.45) is 5.92 Å². The molecule has 37 heavy (non-hydrogen) atoms. The molecule has 1 N–H and O–H groups in total. The first-order valence-electron chi connectivity index (χ1n) is 12.8. The molecule has 3 heterocycles. The number of amides is 1. The van der Waals surface area contributed by atoms with E-state index in [9.17, 15) is 13.2 Å².